The monoisotopic (exact) mass is 327 g/mol. The van der Waals surface area contributed by atoms with E-state index in [1.165, 1.54) is 0 Å². The quantitative estimate of drug-likeness (QED) is 0.876. The zero-order valence-electron chi connectivity index (χ0n) is 14.9. The first kappa shape index (κ1) is 17.9. The molecule has 1 N–H and O–H groups in total. The molecular formula is C20H25NO3. The lowest BCUT2D eigenvalue weighted by Crippen LogP contribution is -2.41. The summed E-state index contributed by atoms with van der Waals surface area (Å²) in [6, 6.07) is 15.4. The first-order valence-corrected chi connectivity index (χ1v) is 7.98. The predicted molar refractivity (Wildman–Crippen MR) is 95.6 cm³/mol. The number of ether oxygens (including phenoxy) is 2. The van der Waals surface area contributed by atoms with Crippen LogP contribution in [0.5, 0.6) is 11.5 Å². The fraction of sp³-hybridized carbons (Fsp3) is 0.350. The van der Waals surface area contributed by atoms with Crippen LogP contribution in [0.2, 0.25) is 0 Å². The number of nitrogens with one attached hydrogen (secondary N) is 1. The third-order valence-electron chi connectivity index (χ3n) is 4.32. The fourth-order valence-corrected chi connectivity index (χ4v) is 2.56. The minimum absolute atomic E-state index is 0.0360. The van der Waals surface area contributed by atoms with Gasteiger partial charge >= 0.3 is 0 Å². The molecule has 24 heavy (non-hydrogen) atoms. The Hall–Kier alpha value is -2.49. The zero-order chi connectivity index (χ0) is 17.7. The van der Waals surface area contributed by atoms with Crippen LogP contribution in [-0.4, -0.2) is 20.1 Å². The van der Waals surface area contributed by atoms with Crippen molar-refractivity contribution >= 4 is 5.91 Å². The molecule has 2 aromatic rings. The smallest absolute Gasteiger partial charge is 0.230 e. The normalized spacial score (nSPS) is 12.4. The highest BCUT2D eigenvalue weighted by Crippen LogP contribution is 2.33. The molecule has 0 spiro atoms. The number of rotatable bonds is 6. The predicted octanol–water partition coefficient (Wildman–Crippen LogP) is 3.86. The van der Waals surface area contributed by atoms with Gasteiger partial charge in [-0.3, -0.25) is 4.79 Å². The number of methoxy groups -OCH3 is 2. The second-order valence-electron chi connectivity index (χ2n) is 6.30. The highest BCUT2D eigenvalue weighted by atomic mass is 16.5. The third kappa shape index (κ3) is 3.70. The number of benzene rings is 2. The van der Waals surface area contributed by atoms with Crippen molar-refractivity contribution in [2.75, 3.05) is 14.2 Å². The van der Waals surface area contributed by atoms with E-state index >= 15 is 0 Å². The van der Waals surface area contributed by atoms with Crippen molar-refractivity contribution in [1.82, 2.24) is 5.32 Å². The first-order valence-electron chi connectivity index (χ1n) is 7.98. The summed E-state index contributed by atoms with van der Waals surface area (Å²) in [6.45, 7) is 5.79. The van der Waals surface area contributed by atoms with Crippen LogP contribution in [0.4, 0.5) is 0 Å². The Bertz CT molecular complexity index is 695. The molecule has 0 aliphatic heterocycles. The molecule has 128 valence electrons. The molecule has 4 heteroatoms. The molecule has 2 aromatic carbocycles. The van der Waals surface area contributed by atoms with Gasteiger partial charge in [-0.05, 0) is 44.0 Å². The molecule has 0 aliphatic carbocycles. The van der Waals surface area contributed by atoms with E-state index in [1.807, 2.05) is 69.3 Å². The van der Waals surface area contributed by atoms with E-state index < -0.39 is 5.41 Å². The van der Waals surface area contributed by atoms with Crippen LogP contribution in [0.3, 0.4) is 0 Å². The van der Waals surface area contributed by atoms with E-state index in [1.54, 1.807) is 14.2 Å². The number of hydrogen-bond donors (Lipinski definition) is 1. The molecule has 1 unspecified atom stereocenters. The summed E-state index contributed by atoms with van der Waals surface area (Å²) in [5.74, 6) is 1.23. The van der Waals surface area contributed by atoms with E-state index in [2.05, 4.69) is 5.32 Å². The standard InChI is InChI=1S/C20H25NO3/c1-14(15-9-7-6-8-10-15)21-19(22)20(2,3)16-11-12-17(23-4)18(13-16)24-5/h6-14H,1-5H3,(H,21,22). The Morgan fingerprint density at radius 2 is 1.62 bits per heavy atom. The van der Waals surface area contributed by atoms with Crippen molar-refractivity contribution in [3.63, 3.8) is 0 Å². The SMILES string of the molecule is COc1ccc(C(C)(C)C(=O)NC(C)c2ccccc2)cc1OC. The average Bonchev–Trinajstić information content (AvgIpc) is 2.61. The van der Waals surface area contributed by atoms with Gasteiger partial charge in [-0.25, -0.2) is 0 Å². The second kappa shape index (κ2) is 7.39. The Balaban J connectivity index is 2.21. The van der Waals surface area contributed by atoms with Gasteiger partial charge in [-0.15, -0.1) is 0 Å². The summed E-state index contributed by atoms with van der Waals surface area (Å²) in [5, 5.41) is 3.09. The molecule has 0 aromatic heterocycles. The molecule has 0 aliphatic rings. The Kier molecular flexibility index (Phi) is 5.50. The molecule has 0 bridgehead atoms. The van der Waals surface area contributed by atoms with Gasteiger partial charge < -0.3 is 14.8 Å². The lowest BCUT2D eigenvalue weighted by molar-refractivity contribution is -0.126. The molecule has 4 nitrogen and oxygen atoms in total. The van der Waals surface area contributed by atoms with E-state index in [4.69, 9.17) is 9.47 Å². The Labute approximate surface area is 143 Å². The van der Waals surface area contributed by atoms with Crippen molar-refractivity contribution in [2.45, 2.75) is 32.2 Å². The maximum Gasteiger partial charge on any atom is 0.230 e. The molecule has 0 radical (unpaired) electrons. The van der Waals surface area contributed by atoms with Gasteiger partial charge in [0.05, 0.1) is 25.7 Å². The summed E-state index contributed by atoms with van der Waals surface area (Å²) < 4.78 is 10.6. The van der Waals surface area contributed by atoms with Crippen LogP contribution in [-0.2, 0) is 10.2 Å². The largest absolute Gasteiger partial charge is 0.493 e. The van der Waals surface area contributed by atoms with Crippen LogP contribution in [0.15, 0.2) is 48.5 Å². The minimum Gasteiger partial charge on any atom is -0.493 e. The lowest BCUT2D eigenvalue weighted by atomic mass is 9.83. The average molecular weight is 327 g/mol. The molecule has 1 atom stereocenters. The molecule has 0 saturated carbocycles. The minimum atomic E-state index is -0.692. The van der Waals surface area contributed by atoms with Crippen molar-refractivity contribution < 1.29 is 14.3 Å². The summed E-state index contributed by atoms with van der Waals surface area (Å²) in [4.78, 5) is 12.8. The van der Waals surface area contributed by atoms with Crippen LogP contribution < -0.4 is 14.8 Å². The van der Waals surface area contributed by atoms with Gasteiger partial charge in [0.2, 0.25) is 5.91 Å². The van der Waals surface area contributed by atoms with Gasteiger partial charge in [-0.2, -0.15) is 0 Å². The number of hydrogen-bond acceptors (Lipinski definition) is 3. The van der Waals surface area contributed by atoms with Crippen molar-refractivity contribution in [3.8, 4) is 11.5 Å². The van der Waals surface area contributed by atoms with Crippen LogP contribution >= 0.6 is 0 Å². The molecule has 0 fully saturated rings. The third-order valence-corrected chi connectivity index (χ3v) is 4.32. The van der Waals surface area contributed by atoms with Gasteiger partial charge in [0, 0.05) is 0 Å². The number of carbonyl (C=O) groups excluding carboxylic acids is 1. The zero-order valence-corrected chi connectivity index (χ0v) is 14.9. The van der Waals surface area contributed by atoms with Gasteiger partial charge in [-0.1, -0.05) is 36.4 Å². The summed E-state index contributed by atoms with van der Waals surface area (Å²) >= 11 is 0. The van der Waals surface area contributed by atoms with Gasteiger partial charge in [0.1, 0.15) is 0 Å². The highest BCUT2D eigenvalue weighted by molar-refractivity contribution is 5.87. The summed E-state index contributed by atoms with van der Waals surface area (Å²) in [7, 11) is 3.18. The molecule has 1 amide bonds. The molecule has 0 heterocycles. The maximum absolute atomic E-state index is 12.8. The Morgan fingerprint density at radius 3 is 2.21 bits per heavy atom. The maximum atomic E-state index is 12.8. The summed E-state index contributed by atoms with van der Waals surface area (Å²) in [5.41, 5.74) is 1.26. The fourth-order valence-electron chi connectivity index (χ4n) is 2.56. The van der Waals surface area contributed by atoms with E-state index in [9.17, 15) is 4.79 Å². The van der Waals surface area contributed by atoms with E-state index in [0.717, 1.165) is 11.1 Å². The van der Waals surface area contributed by atoms with Crippen LogP contribution in [0.25, 0.3) is 0 Å². The van der Waals surface area contributed by atoms with Gasteiger partial charge in [0.25, 0.3) is 0 Å². The van der Waals surface area contributed by atoms with Crippen molar-refractivity contribution in [3.05, 3.63) is 59.7 Å². The number of carbonyl (C=O) groups is 1. The number of amides is 1. The van der Waals surface area contributed by atoms with Crippen molar-refractivity contribution in [1.29, 1.82) is 0 Å². The van der Waals surface area contributed by atoms with Crippen LogP contribution in [0.1, 0.15) is 37.9 Å². The second-order valence-corrected chi connectivity index (χ2v) is 6.30. The Morgan fingerprint density at radius 1 is 1.00 bits per heavy atom. The van der Waals surface area contributed by atoms with Gasteiger partial charge in [0.15, 0.2) is 11.5 Å². The topological polar surface area (TPSA) is 47.6 Å². The lowest BCUT2D eigenvalue weighted by Gasteiger charge is -2.27. The first-order chi connectivity index (χ1) is 11.4. The van der Waals surface area contributed by atoms with E-state index in [0.29, 0.717) is 11.5 Å². The molecule has 0 saturated heterocycles. The highest BCUT2D eigenvalue weighted by Gasteiger charge is 2.31. The summed E-state index contributed by atoms with van der Waals surface area (Å²) in [6.07, 6.45) is 0. The van der Waals surface area contributed by atoms with Crippen LogP contribution in [0, 0.1) is 0 Å². The van der Waals surface area contributed by atoms with Crippen molar-refractivity contribution in [2.24, 2.45) is 0 Å². The van der Waals surface area contributed by atoms with E-state index in [-0.39, 0.29) is 11.9 Å². The molecular weight excluding hydrogens is 302 g/mol. The molecule has 2 rings (SSSR count).